The van der Waals surface area contributed by atoms with E-state index in [1.165, 1.54) is 12.1 Å². The van der Waals surface area contributed by atoms with Crippen molar-refractivity contribution in [3.63, 3.8) is 0 Å². The highest BCUT2D eigenvalue weighted by Gasteiger charge is 2.48. The van der Waals surface area contributed by atoms with Gasteiger partial charge in [0.2, 0.25) is 0 Å². The summed E-state index contributed by atoms with van der Waals surface area (Å²) in [6, 6.07) is 8.78. The minimum Gasteiger partial charge on any atom is -0.388 e. The summed E-state index contributed by atoms with van der Waals surface area (Å²) in [5, 5.41) is 10.6. The van der Waals surface area contributed by atoms with Gasteiger partial charge in [0.1, 0.15) is 11.6 Å². The molecule has 0 bridgehead atoms. The van der Waals surface area contributed by atoms with Gasteiger partial charge in [-0.15, -0.1) is 0 Å². The van der Waals surface area contributed by atoms with Gasteiger partial charge in [-0.05, 0) is 55.9 Å². The summed E-state index contributed by atoms with van der Waals surface area (Å²) in [5.74, 6) is -1.05. The molecule has 1 atom stereocenters. The average molecular weight is 383 g/mol. The van der Waals surface area contributed by atoms with Crippen molar-refractivity contribution in [2.75, 3.05) is 0 Å². The number of rotatable bonds is 5. The highest BCUT2D eigenvalue weighted by Crippen LogP contribution is 2.43. The fourth-order valence-electron chi connectivity index (χ4n) is 4.22. The number of carbonyl (C=O) groups excluding carboxylic acids is 1. The van der Waals surface area contributed by atoms with E-state index < -0.39 is 17.2 Å². The van der Waals surface area contributed by atoms with Crippen LogP contribution in [-0.4, -0.2) is 27.6 Å². The first-order valence-corrected chi connectivity index (χ1v) is 9.54. The van der Waals surface area contributed by atoms with Crippen LogP contribution in [-0.2, 0) is 6.54 Å². The molecule has 1 N–H and O–H groups in total. The third-order valence-electron chi connectivity index (χ3n) is 5.53. The van der Waals surface area contributed by atoms with Crippen LogP contribution >= 0.6 is 0 Å². The molecule has 1 aliphatic heterocycles. The van der Waals surface area contributed by atoms with Crippen LogP contribution in [0.3, 0.4) is 0 Å². The van der Waals surface area contributed by atoms with Gasteiger partial charge in [0, 0.05) is 18.2 Å². The lowest BCUT2D eigenvalue weighted by Gasteiger charge is -2.37. The number of nitrogens with zero attached hydrogens (tertiary/aromatic N) is 1. The van der Waals surface area contributed by atoms with Gasteiger partial charge in [-0.2, -0.15) is 0 Å². The molecule has 1 aliphatic carbocycles. The second kappa shape index (κ2) is 6.82. The van der Waals surface area contributed by atoms with Crippen LogP contribution in [0.15, 0.2) is 36.4 Å². The molecule has 4 rings (SSSR count). The highest BCUT2D eigenvalue weighted by atomic mass is 19.1. The number of hydrogen-bond acceptors (Lipinski definition) is 2. The maximum Gasteiger partial charge on any atom is 0.255 e. The fourth-order valence-corrected chi connectivity index (χ4v) is 4.22. The van der Waals surface area contributed by atoms with E-state index in [-0.39, 0.29) is 17.5 Å². The van der Waals surface area contributed by atoms with Gasteiger partial charge in [-0.1, -0.05) is 30.4 Å². The molecule has 0 saturated heterocycles. The predicted molar refractivity (Wildman–Crippen MR) is 104 cm³/mol. The molecule has 2 aromatic carbocycles. The molecule has 0 radical (unpaired) electrons. The molecular weight excluding hydrogens is 360 g/mol. The Balaban J connectivity index is 1.66. The van der Waals surface area contributed by atoms with E-state index in [0.717, 1.165) is 24.5 Å². The van der Waals surface area contributed by atoms with Gasteiger partial charge < -0.3 is 10.0 Å². The van der Waals surface area contributed by atoms with Crippen molar-refractivity contribution < 1.29 is 18.7 Å². The van der Waals surface area contributed by atoms with Gasteiger partial charge in [0.25, 0.3) is 5.91 Å². The van der Waals surface area contributed by atoms with Crippen molar-refractivity contribution in [1.29, 1.82) is 0 Å². The van der Waals surface area contributed by atoms with E-state index >= 15 is 0 Å². The first kappa shape index (κ1) is 18.8. The molecule has 0 spiro atoms. The Morgan fingerprint density at radius 3 is 2.50 bits per heavy atom. The molecule has 2 aromatic rings. The molecule has 3 nitrogen and oxygen atoms in total. The fraction of sp³-hybridized carbons (Fsp3) is 0.348. The molecule has 1 amide bonds. The number of hydrogen-bond donors (Lipinski definition) is 1. The molecular formula is C23H23F2NO2. The summed E-state index contributed by atoms with van der Waals surface area (Å²) in [7, 11) is 0. The van der Waals surface area contributed by atoms with Crippen LogP contribution in [0.5, 0.6) is 0 Å². The predicted octanol–water partition coefficient (Wildman–Crippen LogP) is 4.64. The standard InChI is InChI=1S/C23H23F2NO2/c1-23(2,28)21(16-8-9-16)26-13-17-5-3-4-15(20(17)22(26)27)7-6-14-10-11-18(24)12-19(14)25/h3-7,10-12,16,21,28H,8-9,13H2,1-2H3/b7-6+/t21-/m0/s1. The molecule has 0 aromatic heterocycles. The number of fused-ring (bicyclic) bond motifs is 1. The van der Waals surface area contributed by atoms with E-state index in [0.29, 0.717) is 23.6 Å². The second-order valence-corrected chi connectivity index (χ2v) is 8.25. The Kier molecular flexibility index (Phi) is 4.58. The van der Waals surface area contributed by atoms with E-state index in [1.54, 1.807) is 30.9 Å². The van der Waals surface area contributed by atoms with E-state index in [2.05, 4.69) is 0 Å². The van der Waals surface area contributed by atoms with Crippen molar-refractivity contribution in [3.05, 3.63) is 70.3 Å². The minimum atomic E-state index is -0.980. The highest BCUT2D eigenvalue weighted by molar-refractivity contribution is 6.02. The normalized spacial score (nSPS) is 18.0. The van der Waals surface area contributed by atoms with Crippen molar-refractivity contribution in [1.82, 2.24) is 4.90 Å². The van der Waals surface area contributed by atoms with Crippen LogP contribution in [0.2, 0.25) is 0 Å². The van der Waals surface area contributed by atoms with Crippen molar-refractivity contribution in [2.45, 2.75) is 44.9 Å². The van der Waals surface area contributed by atoms with Crippen molar-refractivity contribution in [2.24, 2.45) is 5.92 Å². The van der Waals surface area contributed by atoms with Crippen LogP contribution in [0.1, 0.15) is 53.7 Å². The van der Waals surface area contributed by atoms with Crippen LogP contribution in [0, 0.1) is 17.6 Å². The van der Waals surface area contributed by atoms with Gasteiger partial charge in [0.05, 0.1) is 17.2 Å². The van der Waals surface area contributed by atoms with Crippen molar-refractivity contribution in [3.8, 4) is 0 Å². The maximum atomic E-state index is 13.9. The summed E-state index contributed by atoms with van der Waals surface area (Å²) >= 11 is 0. The third kappa shape index (κ3) is 3.47. The Morgan fingerprint density at radius 2 is 1.86 bits per heavy atom. The molecule has 146 valence electrons. The lowest BCUT2D eigenvalue weighted by Crippen LogP contribution is -2.51. The zero-order chi connectivity index (χ0) is 20.1. The third-order valence-corrected chi connectivity index (χ3v) is 5.53. The van der Waals surface area contributed by atoms with E-state index in [4.69, 9.17) is 0 Å². The van der Waals surface area contributed by atoms with Gasteiger partial charge in [-0.25, -0.2) is 8.78 Å². The molecule has 2 aliphatic rings. The molecule has 28 heavy (non-hydrogen) atoms. The second-order valence-electron chi connectivity index (χ2n) is 8.25. The topological polar surface area (TPSA) is 40.5 Å². The van der Waals surface area contributed by atoms with Crippen LogP contribution in [0.4, 0.5) is 8.78 Å². The molecule has 1 fully saturated rings. The van der Waals surface area contributed by atoms with Gasteiger partial charge >= 0.3 is 0 Å². The van der Waals surface area contributed by atoms with E-state index in [1.807, 2.05) is 18.2 Å². The Labute approximate surface area is 163 Å². The van der Waals surface area contributed by atoms with Crippen LogP contribution in [0.25, 0.3) is 12.2 Å². The monoisotopic (exact) mass is 383 g/mol. The number of carbonyl (C=O) groups is 1. The van der Waals surface area contributed by atoms with Gasteiger partial charge in [-0.3, -0.25) is 4.79 Å². The largest absolute Gasteiger partial charge is 0.388 e. The molecule has 0 unspecified atom stereocenters. The van der Waals surface area contributed by atoms with Crippen molar-refractivity contribution >= 4 is 18.1 Å². The lowest BCUT2D eigenvalue weighted by molar-refractivity contribution is -0.0224. The smallest absolute Gasteiger partial charge is 0.255 e. The minimum absolute atomic E-state index is 0.103. The SMILES string of the molecule is CC(C)(O)[C@H](C1CC1)N1Cc2cccc(/C=C/c3ccc(F)cc3F)c2C1=O. The Bertz CT molecular complexity index is 958. The summed E-state index contributed by atoms with van der Waals surface area (Å²) in [6.07, 6.45) is 5.28. The first-order valence-electron chi connectivity index (χ1n) is 9.54. The number of amides is 1. The van der Waals surface area contributed by atoms with Crippen LogP contribution < -0.4 is 0 Å². The van der Waals surface area contributed by atoms with Gasteiger partial charge in [0.15, 0.2) is 0 Å². The molecule has 1 saturated carbocycles. The number of aliphatic hydroxyl groups is 1. The summed E-state index contributed by atoms with van der Waals surface area (Å²) in [4.78, 5) is 15.0. The number of halogens is 2. The Hall–Kier alpha value is -2.53. The summed E-state index contributed by atoms with van der Waals surface area (Å²) in [6.45, 7) is 3.97. The number of benzene rings is 2. The van der Waals surface area contributed by atoms with E-state index in [9.17, 15) is 18.7 Å². The summed E-state index contributed by atoms with van der Waals surface area (Å²) < 4.78 is 27.0. The average Bonchev–Trinajstić information content (AvgIpc) is 3.38. The quantitative estimate of drug-likeness (QED) is 0.764. The Morgan fingerprint density at radius 1 is 1.14 bits per heavy atom. The first-order chi connectivity index (χ1) is 13.3. The lowest BCUT2D eigenvalue weighted by atomic mass is 9.93. The molecule has 5 heteroatoms. The zero-order valence-corrected chi connectivity index (χ0v) is 16.0. The zero-order valence-electron chi connectivity index (χ0n) is 16.0. The maximum absolute atomic E-state index is 13.9. The summed E-state index contributed by atoms with van der Waals surface area (Å²) in [5.41, 5.74) is 1.47. The molecule has 1 heterocycles.